The standard InChI is InChI=1S/C15H15FN6.C14H12N4O2/c16-11-4-6-12(7-5-11)22(14-3-1-2-8-18-14)9-13(17)15-19-10-20-21-15;1-15-14-16-5-4-11(18-14)12-7-9-6-8(13(19)20)2-3-10(9)17-12/h1-8,10,13H,9,17H2,(H,19,20,21);2-7,17H,1H3,(H,19,20)(H,15,16,18). The number of aromatic carboxylic acids is 1. The maximum Gasteiger partial charge on any atom is 0.335 e. The van der Waals surface area contributed by atoms with E-state index in [0.29, 0.717) is 18.3 Å². The van der Waals surface area contributed by atoms with E-state index in [1.165, 1.54) is 18.5 Å². The van der Waals surface area contributed by atoms with Crippen molar-refractivity contribution < 1.29 is 14.3 Å². The Morgan fingerprint density at radius 3 is 2.57 bits per heavy atom. The lowest BCUT2D eigenvalue weighted by molar-refractivity contribution is 0.0697. The van der Waals surface area contributed by atoms with Crippen LogP contribution in [0.5, 0.6) is 0 Å². The number of hydrogen-bond acceptors (Lipinski definition) is 9. The zero-order valence-electron chi connectivity index (χ0n) is 22.4. The number of nitrogens with one attached hydrogen (secondary N) is 3. The highest BCUT2D eigenvalue weighted by atomic mass is 19.1. The lowest BCUT2D eigenvalue weighted by atomic mass is 10.1. The molecule has 6 rings (SSSR count). The van der Waals surface area contributed by atoms with Crippen molar-refractivity contribution in [1.82, 2.24) is 35.1 Å². The highest BCUT2D eigenvalue weighted by Gasteiger charge is 2.18. The van der Waals surface area contributed by atoms with E-state index in [9.17, 15) is 9.18 Å². The van der Waals surface area contributed by atoms with Crippen molar-refractivity contribution in [3.8, 4) is 11.4 Å². The third kappa shape index (κ3) is 6.54. The quantitative estimate of drug-likeness (QED) is 0.176. The number of aromatic amines is 2. The van der Waals surface area contributed by atoms with E-state index in [4.69, 9.17) is 10.8 Å². The molecular weight excluding hydrogens is 539 g/mol. The van der Waals surface area contributed by atoms with E-state index in [0.717, 1.165) is 33.8 Å². The lowest BCUT2D eigenvalue weighted by Crippen LogP contribution is -2.30. The highest BCUT2D eigenvalue weighted by Crippen LogP contribution is 2.26. The Labute approximate surface area is 239 Å². The molecule has 0 radical (unpaired) electrons. The van der Waals surface area contributed by atoms with Crippen molar-refractivity contribution in [1.29, 1.82) is 0 Å². The number of halogens is 1. The van der Waals surface area contributed by atoms with Crippen LogP contribution >= 0.6 is 0 Å². The van der Waals surface area contributed by atoms with Gasteiger partial charge in [-0.1, -0.05) is 6.07 Å². The zero-order chi connectivity index (χ0) is 29.5. The average Bonchev–Trinajstić information content (AvgIpc) is 3.72. The second-order valence-electron chi connectivity index (χ2n) is 9.06. The van der Waals surface area contributed by atoms with E-state index >= 15 is 0 Å². The van der Waals surface area contributed by atoms with Gasteiger partial charge in [0.2, 0.25) is 5.95 Å². The molecule has 13 heteroatoms. The van der Waals surface area contributed by atoms with Gasteiger partial charge in [-0.15, -0.1) is 0 Å². The molecule has 0 amide bonds. The number of benzene rings is 2. The van der Waals surface area contributed by atoms with Crippen LogP contribution in [0.25, 0.3) is 22.3 Å². The fraction of sp³-hybridized carbons (Fsp3) is 0.103. The number of fused-ring (bicyclic) bond motifs is 1. The third-order valence-electron chi connectivity index (χ3n) is 6.25. The first-order valence-electron chi connectivity index (χ1n) is 12.8. The maximum absolute atomic E-state index is 13.2. The third-order valence-corrected chi connectivity index (χ3v) is 6.25. The average molecular weight is 567 g/mol. The molecule has 2 aromatic carbocycles. The Balaban J connectivity index is 0.000000169. The van der Waals surface area contributed by atoms with Crippen molar-refractivity contribution >= 4 is 34.3 Å². The number of carbonyl (C=O) groups is 1. The summed E-state index contributed by atoms with van der Waals surface area (Å²) in [6, 6.07) is 20.1. The molecule has 0 saturated heterocycles. The summed E-state index contributed by atoms with van der Waals surface area (Å²) in [5, 5.41) is 19.3. The summed E-state index contributed by atoms with van der Waals surface area (Å²) in [5.41, 5.74) is 9.67. The Hall–Kier alpha value is -5.69. The van der Waals surface area contributed by atoms with Crippen molar-refractivity contribution in [3.05, 3.63) is 109 Å². The van der Waals surface area contributed by atoms with Gasteiger partial charge in [-0.3, -0.25) is 5.10 Å². The van der Waals surface area contributed by atoms with E-state index < -0.39 is 5.97 Å². The van der Waals surface area contributed by atoms with Gasteiger partial charge in [0.25, 0.3) is 0 Å². The number of rotatable bonds is 8. The highest BCUT2D eigenvalue weighted by molar-refractivity contribution is 5.95. The van der Waals surface area contributed by atoms with Crippen LogP contribution in [0.15, 0.2) is 91.5 Å². The predicted octanol–water partition coefficient (Wildman–Crippen LogP) is 4.54. The Morgan fingerprint density at radius 1 is 1.05 bits per heavy atom. The molecule has 4 heterocycles. The van der Waals surface area contributed by atoms with Gasteiger partial charge in [0.05, 0.1) is 23.0 Å². The summed E-state index contributed by atoms with van der Waals surface area (Å²) >= 11 is 0. The Morgan fingerprint density at radius 2 is 1.88 bits per heavy atom. The first-order chi connectivity index (χ1) is 20.4. The summed E-state index contributed by atoms with van der Waals surface area (Å²) in [6.07, 6.45) is 4.78. The minimum absolute atomic E-state index is 0.265. The molecule has 6 aromatic rings. The van der Waals surface area contributed by atoms with Crippen LogP contribution in [0.3, 0.4) is 0 Å². The molecule has 42 heavy (non-hydrogen) atoms. The largest absolute Gasteiger partial charge is 0.478 e. The number of H-pyrrole nitrogens is 2. The molecule has 6 N–H and O–H groups in total. The van der Waals surface area contributed by atoms with Crippen LogP contribution in [-0.4, -0.2) is 59.8 Å². The van der Waals surface area contributed by atoms with Gasteiger partial charge in [0.15, 0.2) is 0 Å². The van der Waals surface area contributed by atoms with Gasteiger partial charge in [-0.05, 0) is 66.7 Å². The fourth-order valence-corrected chi connectivity index (χ4v) is 4.18. The molecule has 1 unspecified atom stereocenters. The fourth-order valence-electron chi connectivity index (χ4n) is 4.18. The van der Waals surface area contributed by atoms with Gasteiger partial charge in [-0.25, -0.2) is 29.1 Å². The summed E-state index contributed by atoms with van der Waals surface area (Å²) in [6.45, 7) is 0.428. The number of carboxylic acids is 1. The summed E-state index contributed by atoms with van der Waals surface area (Å²) in [5.74, 6) is 0.623. The van der Waals surface area contributed by atoms with Gasteiger partial charge in [0.1, 0.15) is 23.8 Å². The number of carboxylic acid groups (broad SMARTS) is 1. The second kappa shape index (κ2) is 12.7. The number of anilines is 3. The molecule has 0 aliphatic heterocycles. The number of nitrogens with two attached hydrogens (primary N) is 1. The first kappa shape index (κ1) is 27.9. The van der Waals surface area contributed by atoms with Crippen LogP contribution < -0.4 is 16.0 Å². The molecule has 212 valence electrons. The number of hydrogen-bond donors (Lipinski definition) is 5. The molecule has 0 spiro atoms. The van der Waals surface area contributed by atoms with Gasteiger partial charge in [0, 0.05) is 42.6 Å². The molecule has 0 fully saturated rings. The SMILES string of the molecule is CNc1nccc(-c2cc3cc(C(=O)O)ccc3[nH]2)n1.NC(CN(c1ccc(F)cc1)c1ccccn1)c1ncn[nH]1. The number of pyridine rings is 1. The topological polar surface area (TPSA) is 175 Å². The molecule has 1 atom stereocenters. The van der Waals surface area contributed by atoms with Crippen molar-refractivity contribution in [2.75, 3.05) is 23.8 Å². The zero-order valence-corrected chi connectivity index (χ0v) is 22.4. The summed E-state index contributed by atoms with van der Waals surface area (Å²) < 4.78 is 13.2. The van der Waals surface area contributed by atoms with Crippen LogP contribution in [-0.2, 0) is 0 Å². The van der Waals surface area contributed by atoms with Gasteiger partial charge >= 0.3 is 5.97 Å². The molecule has 4 aromatic heterocycles. The van der Waals surface area contributed by atoms with Crippen LogP contribution in [0, 0.1) is 5.82 Å². The van der Waals surface area contributed by atoms with Crippen molar-refractivity contribution in [3.63, 3.8) is 0 Å². The lowest BCUT2D eigenvalue weighted by Gasteiger charge is -2.26. The van der Waals surface area contributed by atoms with E-state index in [1.54, 1.807) is 55.8 Å². The van der Waals surface area contributed by atoms with E-state index in [1.807, 2.05) is 29.2 Å². The van der Waals surface area contributed by atoms with Gasteiger partial charge in [-0.2, -0.15) is 5.10 Å². The van der Waals surface area contributed by atoms with Crippen molar-refractivity contribution in [2.24, 2.45) is 5.73 Å². The maximum atomic E-state index is 13.2. The predicted molar refractivity (Wildman–Crippen MR) is 157 cm³/mol. The smallest absolute Gasteiger partial charge is 0.335 e. The molecule has 0 aliphatic carbocycles. The minimum Gasteiger partial charge on any atom is -0.478 e. The Kier molecular flexibility index (Phi) is 8.40. The molecular formula is C29H27FN10O2. The summed E-state index contributed by atoms with van der Waals surface area (Å²) in [7, 11) is 1.75. The monoisotopic (exact) mass is 566 g/mol. The van der Waals surface area contributed by atoms with E-state index in [2.05, 4.69) is 40.4 Å². The number of nitrogens with zero attached hydrogens (tertiary/aromatic N) is 6. The van der Waals surface area contributed by atoms with Crippen molar-refractivity contribution in [2.45, 2.75) is 6.04 Å². The van der Waals surface area contributed by atoms with Gasteiger partial charge < -0.3 is 26.0 Å². The minimum atomic E-state index is -0.936. The summed E-state index contributed by atoms with van der Waals surface area (Å²) in [4.78, 5) is 32.9. The normalized spacial score (nSPS) is 11.4. The molecule has 12 nitrogen and oxygen atoms in total. The van der Waals surface area contributed by atoms with Crippen LogP contribution in [0.2, 0.25) is 0 Å². The van der Waals surface area contributed by atoms with Crippen LogP contribution in [0.1, 0.15) is 22.2 Å². The molecule has 0 aliphatic rings. The Bertz CT molecular complexity index is 1760. The first-order valence-corrected chi connectivity index (χ1v) is 12.8. The molecule has 0 saturated carbocycles. The van der Waals surface area contributed by atoms with E-state index in [-0.39, 0.29) is 17.4 Å². The second-order valence-corrected chi connectivity index (χ2v) is 9.06. The van der Waals surface area contributed by atoms with Crippen LogP contribution in [0.4, 0.5) is 21.8 Å². The number of aromatic nitrogens is 7. The molecule has 0 bridgehead atoms.